The van der Waals surface area contributed by atoms with Crippen molar-refractivity contribution in [2.24, 2.45) is 5.92 Å². The molecule has 0 fully saturated rings. The number of nitrogens with one attached hydrogen (secondary N) is 1. The molecule has 0 aliphatic rings. The summed E-state index contributed by atoms with van der Waals surface area (Å²) in [6, 6.07) is 15.6. The van der Waals surface area contributed by atoms with Crippen molar-refractivity contribution in [2.45, 2.75) is 20.8 Å². The lowest BCUT2D eigenvalue weighted by Crippen LogP contribution is -2.19. The summed E-state index contributed by atoms with van der Waals surface area (Å²) in [5, 5.41) is 2.89. The number of hydrogen-bond donors (Lipinski definition) is 1. The monoisotopic (exact) mass is 355 g/mol. The van der Waals surface area contributed by atoms with Crippen LogP contribution in [0.3, 0.4) is 0 Å². The van der Waals surface area contributed by atoms with Crippen molar-refractivity contribution in [3.63, 3.8) is 0 Å². The van der Waals surface area contributed by atoms with E-state index in [1.807, 2.05) is 69.3 Å². The van der Waals surface area contributed by atoms with Gasteiger partial charge in [-0.05, 0) is 42.8 Å². The Hall–Kier alpha value is -3.45. The van der Waals surface area contributed by atoms with Gasteiger partial charge in [-0.15, -0.1) is 0 Å². The van der Waals surface area contributed by atoms with Gasteiger partial charge in [-0.25, -0.2) is 4.98 Å². The lowest BCUT2D eigenvalue weighted by atomic mass is 10.1. The van der Waals surface area contributed by atoms with Crippen molar-refractivity contribution >= 4 is 11.7 Å². The minimum absolute atomic E-state index is 0.0382. The van der Waals surface area contributed by atoms with Crippen LogP contribution < -0.4 is 5.32 Å². The van der Waals surface area contributed by atoms with E-state index in [4.69, 9.17) is 0 Å². The molecule has 4 heteroatoms. The standard InChI is InChI=1S/C23H21N3O/c1-16(2)23(27)26-22-17(3)6-13-21(25-22)20-11-9-18(10-12-20)7-8-19-5-4-14-24-15-19/h4-6,9-16H,1-3H3,(H,25,26,27). The van der Waals surface area contributed by atoms with Crippen LogP contribution in [0, 0.1) is 24.7 Å². The van der Waals surface area contributed by atoms with E-state index in [1.165, 1.54) is 0 Å². The summed E-state index contributed by atoms with van der Waals surface area (Å²) in [6.07, 6.45) is 3.47. The molecule has 0 saturated heterocycles. The second-order valence-corrected chi connectivity index (χ2v) is 6.57. The van der Waals surface area contributed by atoms with Gasteiger partial charge in [0, 0.05) is 35.0 Å². The van der Waals surface area contributed by atoms with Gasteiger partial charge in [0.1, 0.15) is 5.82 Å². The van der Waals surface area contributed by atoms with Crippen molar-refractivity contribution < 1.29 is 4.79 Å². The van der Waals surface area contributed by atoms with E-state index in [0.29, 0.717) is 5.82 Å². The second kappa shape index (κ2) is 8.29. The summed E-state index contributed by atoms with van der Waals surface area (Å²) >= 11 is 0. The molecular weight excluding hydrogens is 334 g/mol. The van der Waals surface area contributed by atoms with Gasteiger partial charge >= 0.3 is 0 Å². The van der Waals surface area contributed by atoms with Crippen LogP contribution in [0.2, 0.25) is 0 Å². The van der Waals surface area contributed by atoms with Crippen molar-refractivity contribution in [3.05, 3.63) is 77.6 Å². The summed E-state index contributed by atoms with van der Waals surface area (Å²) in [6.45, 7) is 5.66. The molecule has 0 aliphatic heterocycles. The first kappa shape index (κ1) is 18.3. The fourth-order valence-corrected chi connectivity index (χ4v) is 2.38. The predicted octanol–water partition coefficient (Wildman–Crippen LogP) is 4.45. The average Bonchev–Trinajstić information content (AvgIpc) is 2.69. The molecule has 0 spiro atoms. The van der Waals surface area contributed by atoms with E-state index in [9.17, 15) is 4.79 Å². The SMILES string of the molecule is Cc1ccc(-c2ccc(C#Cc3cccnc3)cc2)nc1NC(=O)C(C)C. The van der Waals surface area contributed by atoms with E-state index < -0.39 is 0 Å². The highest BCUT2D eigenvalue weighted by molar-refractivity contribution is 5.92. The summed E-state index contributed by atoms with van der Waals surface area (Å²) in [5.41, 5.74) is 4.52. The van der Waals surface area contributed by atoms with Gasteiger partial charge in [0.25, 0.3) is 0 Å². The number of aromatic nitrogens is 2. The minimum Gasteiger partial charge on any atom is -0.310 e. The smallest absolute Gasteiger partial charge is 0.228 e. The predicted molar refractivity (Wildman–Crippen MR) is 108 cm³/mol. The highest BCUT2D eigenvalue weighted by Gasteiger charge is 2.11. The summed E-state index contributed by atoms with van der Waals surface area (Å²) in [7, 11) is 0. The van der Waals surface area contributed by atoms with Crippen LogP contribution >= 0.6 is 0 Å². The Balaban J connectivity index is 1.81. The Morgan fingerprint density at radius 1 is 1.00 bits per heavy atom. The van der Waals surface area contributed by atoms with E-state index in [-0.39, 0.29) is 11.8 Å². The number of nitrogens with zero attached hydrogens (tertiary/aromatic N) is 2. The molecule has 134 valence electrons. The van der Waals surface area contributed by atoms with Crippen LogP contribution in [-0.2, 0) is 4.79 Å². The number of carbonyl (C=O) groups excluding carboxylic acids is 1. The lowest BCUT2D eigenvalue weighted by Gasteiger charge is -2.11. The zero-order chi connectivity index (χ0) is 19.2. The number of carbonyl (C=O) groups is 1. The molecule has 3 rings (SSSR count). The Labute approximate surface area is 159 Å². The highest BCUT2D eigenvalue weighted by atomic mass is 16.1. The van der Waals surface area contributed by atoms with Gasteiger partial charge in [0.2, 0.25) is 5.91 Å². The number of amides is 1. The maximum atomic E-state index is 12.0. The largest absolute Gasteiger partial charge is 0.310 e. The molecule has 4 nitrogen and oxygen atoms in total. The molecule has 3 aromatic rings. The molecule has 2 aromatic heterocycles. The van der Waals surface area contributed by atoms with Gasteiger partial charge in [-0.1, -0.05) is 43.9 Å². The Morgan fingerprint density at radius 2 is 1.74 bits per heavy atom. The number of pyridine rings is 2. The molecule has 0 radical (unpaired) electrons. The fourth-order valence-electron chi connectivity index (χ4n) is 2.38. The van der Waals surface area contributed by atoms with Crippen molar-refractivity contribution in [2.75, 3.05) is 5.32 Å². The highest BCUT2D eigenvalue weighted by Crippen LogP contribution is 2.22. The molecule has 1 aromatic carbocycles. The van der Waals surface area contributed by atoms with Crippen LogP contribution in [0.15, 0.2) is 60.9 Å². The average molecular weight is 355 g/mol. The quantitative estimate of drug-likeness (QED) is 0.707. The molecule has 0 saturated carbocycles. The number of hydrogen-bond acceptors (Lipinski definition) is 3. The first-order chi connectivity index (χ1) is 13.0. The lowest BCUT2D eigenvalue weighted by molar-refractivity contribution is -0.118. The van der Waals surface area contributed by atoms with Crippen LogP contribution in [0.25, 0.3) is 11.3 Å². The molecule has 0 aliphatic carbocycles. The maximum absolute atomic E-state index is 12.0. The number of rotatable bonds is 3. The molecule has 1 N–H and O–H groups in total. The number of aryl methyl sites for hydroxylation is 1. The first-order valence-corrected chi connectivity index (χ1v) is 8.84. The molecule has 27 heavy (non-hydrogen) atoms. The normalized spacial score (nSPS) is 10.2. The zero-order valence-electron chi connectivity index (χ0n) is 15.7. The van der Waals surface area contributed by atoms with E-state index in [1.54, 1.807) is 12.4 Å². The summed E-state index contributed by atoms with van der Waals surface area (Å²) in [4.78, 5) is 20.6. The zero-order valence-corrected chi connectivity index (χ0v) is 15.7. The van der Waals surface area contributed by atoms with Crippen LogP contribution in [-0.4, -0.2) is 15.9 Å². The number of anilines is 1. The van der Waals surface area contributed by atoms with Crippen molar-refractivity contribution in [3.8, 4) is 23.1 Å². The van der Waals surface area contributed by atoms with E-state index in [2.05, 4.69) is 27.1 Å². The number of benzene rings is 1. The fraction of sp³-hybridized carbons (Fsp3) is 0.174. The molecule has 0 atom stereocenters. The molecule has 0 bridgehead atoms. The maximum Gasteiger partial charge on any atom is 0.228 e. The third-order valence-corrected chi connectivity index (χ3v) is 4.06. The Bertz CT molecular complexity index is 997. The van der Waals surface area contributed by atoms with Crippen LogP contribution in [0.5, 0.6) is 0 Å². The second-order valence-electron chi connectivity index (χ2n) is 6.57. The topological polar surface area (TPSA) is 54.9 Å². The molecular formula is C23H21N3O. The van der Waals surface area contributed by atoms with Gasteiger partial charge in [0.15, 0.2) is 0 Å². The minimum atomic E-state index is -0.0903. The molecule has 2 heterocycles. The third kappa shape index (κ3) is 4.80. The first-order valence-electron chi connectivity index (χ1n) is 8.84. The van der Waals surface area contributed by atoms with E-state index >= 15 is 0 Å². The summed E-state index contributed by atoms with van der Waals surface area (Å²) in [5.74, 6) is 6.70. The summed E-state index contributed by atoms with van der Waals surface area (Å²) < 4.78 is 0. The van der Waals surface area contributed by atoms with Crippen molar-refractivity contribution in [1.82, 2.24) is 9.97 Å². The Kier molecular flexibility index (Phi) is 5.63. The van der Waals surface area contributed by atoms with Gasteiger partial charge in [-0.3, -0.25) is 9.78 Å². The molecule has 1 amide bonds. The van der Waals surface area contributed by atoms with Crippen LogP contribution in [0.1, 0.15) is 30.5 Å². The van der Waals surface area contributed by atoms with E-state index in [0.717, 1.165) is 27.9 Å². The van der Waals surface area contributed by atoms with Gasteiger partial charge in [0.05, 0.1) is 5.69 Å². The molecule has 0 unspecified atom stereocenters. The van der Waals surface area contributed by atoms with Crippen LogP contribution in [0.4, 0.5) is 5.82 Å². The Morgan fingerprint density at radius 3 is 2.41 bits per heavy atom. The van der Waals surface area contributed by atoms with Gasteiger partial charge in [-0.2, -0.15) is 0 Å². The van der Waals surface area contributed by atoms with Crippen molar-refractivity contribution in [1.29, 1.82) is 0 Å². The third-order valence-electron chi connectivity index (χ3n) is 4.06. The van der Waals surface area contributed by atoms with Gasteiger partial charge < -0.3 is 5.32 Å².